The van der Waals surface area contributed by atoms with Gasteiger partial charge < -0.3 is 4.90 Å². The number of hydrogen-bond donors (Lipinski definition) is 0. The van der Waals surface area contributed by atoms with Gasteiger partial charge in [-0.2, -0.15) is 0 Å². The lowest BCUT2D eigenvalue weighted by molar-refractivity contribution is 0.676. The van der Waals surface area contributed by atoms with Crippen LogP contribution in [0.25, 0.3) is 11.3 Å². The van der Waals surface area contributed by atoms with E-state index in [4.69, 9.17) is 4.99 Å². The van der Waals surface area contributed by atoms with Crippen molar-refractivity contribution in [1.29, 1.82) is 0 Å². The average molecular weight is 620 g/mol. The molecular formula is C45H37N3. The molecule has 0 bridgehead atoms. The summed E-state index contributed by atoms with van der Waals surface area (Å²) in [5, 5.41) is 0. The Balaban J connectivity index is 1.42. The first-order valence-electron chi connectivity index (χ1n) is 16.6. The second kappa shape index (κ2) is 12.1. The van der Waals surface area contributed by atoms with Crippen LogP contribution in [0.2, 0.25) is 0 Å². The molecule has 0 saturated heterocycles. The fourth-order valence-corrected chi connectivity index (χ4v) is 7.74. The van der Waals surface area contributed by atoms with Gasteiger partial charge in [0.2, 0.25) is 0 Å². The van der Waals surface area contributed by atoms with Crippen molar-refractivity contribution < 1.29 is 0 Å². The molecule has 3 heteroatoms. The number of pyridine rings is 1. The molecule has 1 unspecified atom stereocenters. The minimum atomic E-state index is -0.447. The van der Waals surface area contributed by atoms with Crippen LogP contribution in [-0.4, -0.2) is 10.7 Å². The van der Waals surface area contributed by atoms with E-state index in [9.17, 15) is 0 Å². The molecule has 1 atom stereocenters. The molecule has 2 heterocycles. The van der Waals surface area contributed by atoms with Crippen molar-refractivity contribution in [3.05, 3.63) is 203 Å². The highest BCUT2D eigenvalue weighted by Gasteiger charge is 2.46. The summed E-state index contributed by atoms with van der Waals surface area (Å²) in [4.78, 5) is 12.5. The topological polar surface area (TPSA) is 28.5 Å². The molecule has 0 amide bonds. The molecule has 0 fully saturated rings. The monoisotopic (exact) mass is 619 g/mol. The van der Waals surface area contributed by atoms with Gasteiger partial charge >= 0.3 is 0 Å². The summed E-state index contributed by atoms with van der Waals surface area (Å²) in [6.45, 7) is 6.85. The van der Waals surface area contributed by atoms with Crippen molar-refractivity contribution >= 4 is 34.0 Å². The average Bonchev–Trinajstić information content (AvgIpc) is 3.25. The van der Waals surface area contributed by atoms with Gasteiger partial charge in [-0.1, -0.05) is 115 Å². The predicted octanol–water partition coefficient (Wildman–Crippen LogP) is 11.2. The fraction of sp³-hybridized carbons (Fsp3) is 0.111. The SMILES string of the molecule is Cc1cccc(C)c1N(c1ccccc1)c1ccccc1C1(C)C2=C(C(c3cccnc3)=NC(c3ccccc3)=CC2)c2ccccc21. The Morgan fingerprint density at radius 2 is 1.27 bits per heavy atom. The standard InChI is InChI=1S/C45H37N3/c1-31-16-14-17-32(2)44(31)48(35-21-8-5-9-22-35)41-26-13-12-25-38(41)45(3)37-24-11-10-23-36(37)42-39(45)27-28-40(33-18-6-4-7-19-33)47-43(42)34-20-15-29-46-30-34/h4-26,28-30H,27H2,1-3H3. The number of aliphatic imine (C=N–C) groups is 1. The number of rotatable bonds is 6. The lowest BCUT2D eigenvalue weighted by Gasteiger charge is -2.37. The molecule has 0 radical (unpaired) electrons. The van der Waals surface area contributed by atoms with Crippen LogP contribution in [0.5, 0.6) is 0 Å². The van der Waals surface area contributed by atoms with Crippen LogP contribution in [0.3, 0.4) is 0 Å². The molecule has 1 aliphatic carbocycles. The third kappa shape index (κ3) is 4.82. The zero-order valence-corrected chi connectivity index (χ0v) is 27.6. The van der Waals surface area contributed by atoms with E-state index < -0.39 is 5.41 Å². The highest BCUT2D eigenvalue weighted by Crippen LogP contribution is 2.56. The number of fused-ring (bicyclic) bond motifs is 2. The number of benzene rings is 5. The van der Waals surface area contributed by atoms with Crippen LogP contribution in [0.15, 0.2) is 169 Å². The highest BCUT2D eigenvalue weighted by molar-refractivity contribution is 6.35. The number of anilines is 3. The molecule has 3 nitrogen and oxygen atoms in total. The van der Waals surface area contributed by atoms with Crippen molar-refractivity contribution in [2.24, 2.45) is 4.99 Å². The van der Waals surface area contributed by atoms with Gasteiger partial charge in [0.1, 0.15) is 0 Å². The number of nitrogens with zero attached hydrogens (tertiary/aromatic N) is 3. The summed E-state index contributed by atoms with van der Waals surface area (Å²) in [5.74, 6) is 0. The minimum Gasteiger partial charge on any atom is -0.310 e. The van der Waals surface area contributed by atoms with Gasteiger partial charge in [0.15, 0.2) is 0 Å². The van der Waals surface area contributed by atoms with Crippen molar-refractivity contribution in [3.63, 3.8) is 0 Å². The van der Waals surface area contributed by atoms with Crippen LogP contribution >= 0.6 is 0 Å². The quantitative estimate of drug-likeness (QED) is 0.186. The summed E-state index contributed by atoms with van der Waals surface area (Å²) >= 11 is 0. The van der Waals surface area contributed by atoms with Crippen LogP contribution in [0, 0.1) is 13.8 Å². The lowest BCUT2D eigenvalue weighted by atomic mass is 9.71. The van der Waals surface area contributed by atoms with E-state index >= 15 is 0 Å². The van der Waals surface area contributed by atoms with Gasteiger partial charge in [-0.15, -0.1) is 0 Å². The largest absolute Gasteiger partial charge is 0.310 e. The molecule has 8 rings (SSSR count). The Morgan fingerprint density at radius 1 is 0.625 bits per heavy atom. The van der Waals surface area contributed by atoms with Gasteiger partial charge in [0, 0.05) is 34.6 Å². The molecule has 5 aromatic carbocycles. The maximum absolute atomic E-state index is 5.46. The maximum atomic E-state index is 5.46. The van der Waals surface area contributed by atoms with Crippen LogP contribution in [0.4, 0.5) is 17.1 Å². The van der Waals surface area contributed by atoms with Crippen LogP contribution in [-0.2, 0) is 5.41 Å². The van der Waals surface area contributed by atoms with E-state index in [-0.39, 0.29) is 0 Å². The third-order valence-electron chi connectivity index (χ3n) is 9.97. The van der Waals surface area contributed by atoms with Crippen molar-refractivity contribution in [2.75, 3.05) is 4.90 Å². The van der Waals surface area contributed by atoms with Gasteiger partial charge in [-0.05, 0) is 96.5 Å². The molecule has 1 aromatic heterocycles. The number of aryl methyl sites for hydroxylation is 2. The molecular weight excluding hydrogens is 583 g/mol. The second-order valence-corrected chi connectivity index (χ2v) is 12.8. The first-order chi connectivity index (χ1) is 23.6. The van der Waals surface area contributed by atoms with Gasteiger partial charge in [-0.3, -0.25) is 4.98 Å². The first kappa shape index (κ1) is 29.6. The Labute approximate surface area is 283 Å². The third-order valence-corrected chi connectivity index (χ3v) is 9.97. The van der Waals surface area contributed by atoms with Gasteiger partial charge in [0.05, 0.1) is 22.8 Å². The smallest absolute Gasteiger partial charge is 0.0803 e. The first-order valence-corrected chi connectivity index (χ1v) is 16.6. The molecule has 2 aliphatic rings. The molecule has 6 aromatic rings. The summed E-state index contributed by atoms with van der Waals surface area (Å²) in [5.41, 5.74) is 16.0. The van der Waals surface area contributed by atoms with Crippen LogP contribution in [0.1, 0.15) is 52.3 Å². The number of para-hydroxylation sites is 3. The summed E-state index contributed by atoms with van der Waals surface area (Å²) < 4.78 is 0. The Bertz CT molecular complexity index is 2210. The normalized spacial score (nSPS) is 16.8. The number of allylic oxidation sites excluding steroid dienone is 3. The number of hydrogen-bond acceptors (Lipinski definition) is 3. The van der Waals surface area contributed by atoms with Gasteiger partial charge in [-0.25, -0.2) is 4.99 Å². The zero-order chi connectivity index (χ0) is 32.7. The van der Waals surface area contributed by atoms with E-state index in [1.165, 1.54) is 50.3 Å². The molecule has 232 valence electrons. The molecule has 48 heavy (non-hydrogen) atoms. The number of aromatic nitrogens is 1. The summed E-state index contributed by atoms with van der Waals surface area (Å²) in [7, 11) is 0. The maximum Gasteiger partial charge on any atom is 0.0803 e. The summed E-state index contributed by atoms with van der Waals surface area (Å²) in [6.07, 6.45) is 6.86. The Kier molecular flexibility index (Phi) is 7.46. The molecule has 0 saturated carbocycles. The van der Waals surface area contributed by atoms with E-state index in [2.05, 4.69) is 170 Å². The Hall–Kier alpha value is -5.80. The highest BCUT2D eigenvalue weighted by atomic mass is 15.1. The lowest BCUT2D eigenvalue weighted by Crippen LogP contribution is -2.27. The van der Waals surface area contributed by atoms with Crippen LogP contribution < -0.4 is 4.90 Å². The second-order valence-electron chi connectivity index (χ2n) is 12.8. The molecule has 0 spiro atoms. The predicted molar refractivity (Wildman–Crippen MR) is 200 cm³/mol. The molecule has 1 aliphatic heterocycles. The van der Waals surface area contributed by atoms with E-state index in [1.807, 2.05) is 18.5 Å². The summed E-state index contributed by atoms with van der Waals surface area (Å²) in [6, 6.07) is 49.9. The Morgan fingerprint density at radius 3 is 2.00 bits per heavy atom. The minimum absolute atomic E-state index is 0.447. The van der Waals surface area contributed by atoms with E-state index in [0.29, 0.717) is 0 Å². The zero-order valence-electron chi connectivity index (χ0n) is 27.6. The van der Waals surface area contributed by atoms with Crippen molar-refractivity contribution in [1.82, 2.24) is 4.98 Å². The van der Waals surface area contributed by atoms with Crippen molar-refractivity contribution in [2.45, 2.75) is 32.6 Å². The van der Waals surface area contributed by atoms with Gasteiger partial charge in [0.25, 0.3) is 0 Å². The van der Waals surface area contributed by atoms with Crippen molar-refractivity contribution in [3.8, 4) is 0 Å². The molecule has 0 N–H and O–H groups in total. The fourth-order valence-electron chi connectivity index (χ4n) is 7.74. The van der Waals surface area contributed by atoms with E-state index in [0.717, 1.165) is 34.6 Å². The van der Waals surface area contributed by atoms with E-state index in [1.54, 1.807) is 0 Å².